The van der Waals surface area contributed by atoms with E-state index >= 15 is 0 Å². The summed E-state index contributed by atoms with van der Waals surface area (Å²) in [5, 5.41) is 0. The van der Waals surface area contributed by atoms with Gasteiger partial charge in [0.1, 0.15) is 0 Å². The van der Waals surface area contributed by atoms with Crippen LogP contribution in [0.15, 0.2) is 12.3 Å². The molecule has 0 bridgehead atoms. The highest BCUT2D eigenvalue weighted by atomic mass is 16.5. The SMILES string of the molecule is CCCOc1ccnc(N(CCN)CCOC)n1. The highest BCUT2D eigenvalue weighted by molar-refractivity contribution is 5.31. The molecular weight excluding hydrogens is 232 g/mol. The molecule has 1 aromatic heterocycles. The van der Waals surface area contributed by atoms with Crippen molar-refractivity contribution in [2.75, 3.05) is 44.9 Å². The van der Waals surface area contributed by atoms with E-state index in [1.807, 2.05) is 4.90 Å². The fourth-order valence-corrected chi connectivity index (χ4v) is 1.44. The predicted octanol–water partition coefficient (Wildman–Crippen LogP) is 0.677. The molecule has 0 aromatic carbocycles. The van der Waals surface area contributed by atoms with Crippen LogP contribution in [0, 0.1) is 0 Å². The summed E-state index contributed by atoms with van der Waals surface area (Å²) in [6.45, 7) is 5.29. The molecule has 0 aliphatic carbocycles. The summed E-state index contributed by atoms with van der Waals surface area (Å²) in [6.07, 6.45) is 2.65. The second-order valence-corrected chi connectivity index (χ2v) is 3.81. The van der Waals surface area contributed by atoms with E-state index in [1.54, 1.807) is 19.4 Å². The lowest BCUT2D eigenvalue weighted by molar-refractivity contribution is 0.205. The van der Waals surface area contributed by atoms with Gasteiger partial charge >= 0.3 is 0 Å². The summed E-state index contributed by atoms with van der Waals surface area (Å²) in [7, 11) is 1.67. The summed E-state index contributed by atoms with van der Waals surface area (Å²) in [5.41, 5.74) is 5.59. The van der Waals surface area contributed by atoms with Gasteiger partial charge in [0.05, 0.1) is 13.2 Å². The zero-order chi connectivity index (χ0) is 13.2. The molecule has 2 N–H and O–H groups in total. The van der Waals surface area contributed by atoms with Gasteiger partial charge in [0.15, 0.2) is 0 Å². The fourth-order valence-electron chi connectivity index (χ4n) is 1.44. The first-order valence-electron chi connectivity index (χ1n) is 6.21. The van der Waals surface area contributed by atoms with Crippen molar-refractivity contribution in [3.05, 3.63) is 12.3 Å². The highest BCUT2D eigenvalue weighted by Gasteiger charge is 2.09. The van der Waals surface area contributed by atoms with E-state index < -0.39 is 0 Å². The minimum absolute atomic E-state index is 0.549. The molecule has 0 amide bonds. The molecule has 0 saturated heterocycles. The molecule has 1 heterocycles. The Hall–Kier alpha value is -1.40. The molecule has 0 unspecified atom stereocenters. The van der Waals surface area contributed by atoms with Gasteiger partial charge in [-0.2, -0.15) is 4.98 Å². The van der Waals surface area contributed by atoms with Crippen molar-refractivity contribution >= 4 is 5.95 Å². The van der Waals surface area contributed by atoms with E-state index in [0.29, 0.717) is 44.7 Å². The lowest BCUT2D eigenvalue weighted by Gasteiger charge is -2.21. The normalized spacial score (nSPS) is 10.4. The minimum atomic E-state index is 0.549. The third-order valence-corrected chi connectivity index (χ3v) is 2.32. The molecule has 0 radical (unpaired) electrons. The van der Waals surface area contributed by atoms with Crippen molar-refractivity contribution < 1.29 is 9.47 Å². The zero-order valence-corrected chi connectivity index (χ0v) is 11.1. The van der Waals surface area contributed by atoms with Crippen LogP contribution in [0.2, 0.25) is 0 Å². The first kappa shape index (κ1) is 14.7. The number of rotatable bonds is 9. The van der Waals surface area contributed by atoms with Gasteiger partial charge in [0.25, 0.3) is 0 Å². The first-order valence-corrected chi connectivity index (χ1v) is 6.21. The van der Waals surface area contributed by atoms with Crippen LogP contribution in [-0.4, -0.2) is 49.9 Å². The zero-order valence-electron chi connectivity index (χ0n) is 11.1. The molecule has 0 aliphatic heterocycles. The Morgan fingerprint density at radius 1 is 1.33 bits per heavy atom. The molecule has 0 saturated carbocycles. The first-order chi connectivity index (χ1) is 8.81. The fraction of sp³-hybridized carbons (Fsp3) is 0.667. The second kappa shape index (κ2) is 8.66. The van der Waals surface area contributed by atoms with Crippen molar-refractivity contribution in [1.82, 2.24) is 9.97 Å². The smallest absolute Gasteiger partial charge is 0.228 e. The van der Waals surface area contributed by atoms with Crippen LogP contribution in [0.25, 0.3) is 0 Å². The Labute approximate surface area is 108 Å². The van der Waals surface area contributed by atoms with Crippen LogP contribution in [0.3, 0.4) is 0 Å². The van der Waals surface area contributed by atoms with Crippen molar-refractivity contribution in [3.63, 3.8) is 0 Å². The van der Waals surface area contributed by atoms with E-state index in [-0.39, 0.29) is 0 Å². The van der Waals surface area contributed by atoms with Crippen LogP contribution in [0.1, 0.15) is 13.3 Å². The largest absolute Gasteiger partial charge is 0.478 e. The predicted molar refractivity (Wildman–Crippen MR) is 71.0 cm³/mol. The molecule has 0 fully saturated rings. The number of nitrogens with two attached hydrogens (primary N) is 1. The Morgan fingerprint density at radius 2 is 2.17 bits per heavy atom. The van der Waals surface area contributed by atoms with Gasteiger partial charge in [-0.15, -0.1) is 0 Å². The Morgan fingerprint density at radius 3 is 2.83 bits per heavy atom. The number of hydrogen-bond donors (Lipinski definition) is 1. The lowest BCUT2D eigenvalue weighted by atomic mass is 10.5. The maximum absolute atomic E-state index is 5.59. The van der Waals surface area contributed by atoms with Crippen LogP contribution < -0.4 is 15.4 Å². The van der Waals surface area contributed by atoms with Gasteiger partial charge in [0.2, 0.25) is 11.8 Å². The van der Waals surface area contributed by atoms with Crippen molar-refractivity contribution in [1.29, 1.82) is 0 Å². The molecule has 1 rings (SSSR count). The molecule has 6 heteroatoms. The van der Waals surface area contributed by atoms with Gasteiger partial charge in [0, 0.05) is 39.0 Å². The molecule has 0 atom stereocenters. The highest BCUT2D eigenvalue weighted by Crippen LogP contribution is 2.12. The number of hydrogen-bond acceptors (Lipinski definition) is 6. The van der Waals surface area contributed by atoms with Gasteiger partial charge < -0.3 is 20.1 Å². The molecule has 0 aliphatic rings. The summed E-state index contributed by atoms with van der Waals surface area (Å²) in [4.78, 5) is 10.6. The van der Waals surface area contributed by atoms with Crippen molar-refractivity contribution in [2.45, 2.75) is 13.3 Å². The summed E-state index contributed by atoms with van der Waals surface area (Å²) >= 11 is 0. The number of anilines is 1. The van der Waals surface area contributed by atoms with E-state index in [0.717, 1.165) is 6.42 Å². The molecule has 0 spiro atoms. The standard InChI is InChI=1S/C12H22N4O2/c1-3-9-18-11-4-6-14-12(15-11)16(7-5-13)8-10-17-2/h4,6H,3,5,7-10,13H2,1-2H3. The molecule has 1 aromatic rings. The number of ether oxygens (including phenoxy) is 2. The quantitative estimate of drug-likeness (QED) is 0.698. The number of methoxy groups -OCH3 is 1. The van der Waals surface area contributed by atoms with Crippen molar-refractivity contribution in [2.24, 2.45) is 5.73 Å². The topological polar surface area (TPSA) is 73.5 Å². The average molecular weight is 254 g/mol. The second-order valence-electron chi connectivity index (χ2n) is 3.81. The van der Waals surface area contributed by atoms with Gasteiger partial charge in [-0.05, 0) is 6.42 Å². The molecule has 6 nitrogen and oxygen atoms in total. The van der Waals surface area contributed by atoms with Crippen LogP contribution in [0.4, 0.5) is 5.95 Å². The molecule has 102 valence electrons. The minimum Gasteiger partial charge on any atom is -0.478 e. The molecule has 18 heavy (non-hydrogen) atoms. The number of aromatic nitrogens is 2. The summed E-state index contributed by atoms with van der Waals surface area (Å²) < 4.78 is 10.6. The summed E-state index contributed by atoms with van der Waals surface area (Å²) in [5.74, 6) is 1.23. The summed E-state index contributed by atoms with van der Waals surface area (Å²) in [6, 6.07) is 1.76. The van der Waals surface area contributed by atoms with Gasteiger partial charge in [-0.1, -0.05) is 6.92 Å². The van der Waals surface area contributed by atoms with E-state index in [9.17, 15) is 0 Å². The maximum atomic E-state index is 5.59. The van der Waals surface area contributed by atoms with Gasteiger partial charge in [-0.3, -0.25) is 0 Å². The Bertz CT molecular complexity index is 336. The van der Waals surface area contributed by atoms with Crippen molar-refractivity contribution in [3.8, 4) is 5.88 Å². The Balaban J connectivity index is 2.70. The van der Waals surface area contributed by atoms with Crippen LogP contribution in [0.5, 0.6) is 5.88 Å². The van der Waals surface area contributed by atoms with E-state index in [1.165, 1.54) is 0 Å². The van der Waals surface area contributed by atoms with Gasteiger partial charge in [-0.25, -0.2) is 4.98 Å². The van der Waals surface area contributed by atoms with Crippen LogP contribution in [-0.2, 0) is 4.74 Å². The third kappa shape index (κ3) is 4.85. The Kier molecular flexibility index (Phi) is 7.05. The van der Waals surface area contributed by atoms with Crippen LogP contribution >= 0.6 is 0 Å². The lowest BCUT2D eigenvalue weighted by Crippen LogP contribution is -2.33. The van der Waals surface area contributed by atoms with E-state index in [2.05, 4.69) is 16.9 Å². The molecular formula is C12H22N4O2. The van der Waals surface area contributed by atoms with E-state index in [4.69, 9.17) is 15.2 Å². The number of nitrogens with zero attached hydrogens (tertiary/aromatic N) is 3. The average Bonchev–Trinajstić information content (AvgIpc) is 2.41. The monoisotopic (exact) mass is 254 g/mol. The third-order valence-electron chi connectivity index (χ3n) is 2.32. The maximum Gasteiger partial charge on any atom is 0.228 e.